The minimum Gasteiger partial charge on any atom is -0.326 e. The van der Waals surface area contributed by atoms with Crippen molar-refractivity contribution in [2.24, 2.45) is 12.8 Å². The standard InChI is InChI=1S/C15H24N4S/c1-11(8-14-6-5-7-20-14)19(4)15(12(2)16)13-9-17-18(3)10-13/h5-7,9-12,15H,8,16H2,1-4H3. The summed E-state index contributed by atoms with van der Waals surface area (Å²) in [6.07, 6.45) is 5.03. The van der Waals surface area contributed by atoms with Crippen LogP contribution in [-0.2, 0) is 13.5 Å². The Bertz CT molecular complexity index is 518. The van der Waals surface area contributed by atoms with Crippen molar-refractivity contribution in [3.8, 4) is 0 Å². The van der Waals surface area contributed by atoms with Crippen LogP contribution in [0, 0.1) is 0 Å². The lowest BCUT2D eigenvalue weighted by molar-refractivity contribution is 0.164. The quantitative estimate of drug-likeness (QED) is 0.889. The van der Waals surface area contributed by atoms with Gasteiger partial charge in [-0.25, -0.2) is 0 Å². The predicted octanol–water partition coefficient (Wildman–Crippen LogP) is 2.43. The highest BCUT2D eigenvalue weighted by molar-refractivity contribution is 7.09. The minimum absolute atomic E-state index is 0.0648. The predicted molar refractivity (Wildman–Crippen MR) is 84.8 cm³/mol. The molecule has 0 saturated carbocycles. The van der Waals surface area contributed by atoms with Crippen molar-refractivity contribution in [3.05, 3.63) is 40.3 Å². The lowest BCUT2D eigenvalue weighted by Gasteiger charge is -2.35. The van der Waals surface area contributed by atoms with Crippen LogP contribution in [-0.4, -0.2) is 33.8 Å². The van der Waals surface area contributed by atoms with Gasteiger partial charge >= 0.3 is 0 Å². The van der Waals surface area contributed by atoms with Gasteiger partial charge in [-0.05, 0) is 38.8 Å². The Morgan fingerprint density at radius 1 is 1.45 bits per heavy atom. The van der Waals surface area contributed by atoms with E-state index < -0.39 is 0 Å². The van der Waals surface area contributed by atoms with Crippen LogP contribution in [0.15, 0.2) is 29.9 Å². The van der Waals surface area contributed by atoms with Crippen LogP contribution in [0.1, 0.15) is 30.3 Å². The van der Waals surface area contributed by atoms with E-state index in [4.69, 9.17) is 5.73 Å². The third-order valence-electron chi connectivity index (χ3n) is 3.78. The summed E-state index contributed by atoms with van der Waals surface area (Å²) in [5.41, 5.74) is 7.40. The van der Waals surface area contributed by atoms with Crippen LogP contribution in [0.25, 0.3) is 0 Å². The molecular weight excluding hydrogens is 268 g/mol. The van der Waals surface area contributed by atoms with Crippen LogP contribution in [0.3, 0.4) is 0 Å². The number of aryl methyl sites for hydroxylation is 1. The van der Waals surface area contributed by atoms with Crippen molar-refractivity contribution in [2.45, 2.75) is 38.4 Å². The Morgan fingerprint density at radius 3 is 2.70 bits per heavy atom. The number of nitrogens with zero attached hydrogens (tertiary/aromatic N) is 3. The Hall–Kier alpha value is -1.17. The molecule has 2 N–H and O–H groups in total. The zero-order chi connectivity index (χ0) is 14.7. The van der Waals surface area contributed by atoms with E-state index in [1.54, 1.807) is 0 Å². The van der Waals surface area contributed by atoms with Gasteiger partial charge in [0.25, 0.3) is 0 Å². The molecule has 2 heterocycles. The zero-order valence-corrected chi connectivity index (χ0v) is 13.5. The molecule has 2 aromatic heterocycles. The summed E-state index contributed by atoms with van der Waals surface area (Å²) in [4.78, 5) is 3.78. The second kappa shape index (κ2) is 6.52. The van der Waals surface area contributed by atoms with Gasteiger partial charge in [0.05, 0.1) is 12.2 Å². The number of nitrogens with two attached hydrogens (primary N) is 1. The number of hydrogen-bond acceptors (Lipinski definition) is 4. The number of thiophene rings is 1. The van der Waals surface area contributed by atoms with Crippen molar-refractivity contribution in [3.63, 3.8) is 0 Å². The molecule has 0 aliphatic heterocycles. The van der Waals surface area contributed by atoms with Crippen LogP contribution in [0.4, 0.5) is 0 Å². The molecule has 0 radical (unpaired) electrons. The first-order valence-corrected chi connectivity index (χ1v) is 7.85. The fourth-order valence-electron chi connectivity index (χ4n) is 2.64. The normalized spacial score (nSPS) is 16.3. The molecule has 110 valence electrons. The first-order valence-electron chi connectivity index (χ1n) is 6.97. The van der Waals surface area contributed by atoms with E-state index in [-0.39, 0.29) is 12.1 Å². The van der Waals surface area contributed by atoms with Crippen molar-refractivity contribution in [2.75, 3.05) is 7.05 Å². The zero-order valence-electron chi connectivity index (χ0n) is 12.7. The highest BCUT2D eigenvalue weighted by Crippen LogP contribution is 2.25. The van der Waals surface area contributed by atoms with Crippen molar-refractivity contribution >= 4 is 11.3 Å². The van der Waals surface area contributed by atoms with E-state index in [0.717, 1.165) is 6.42 Å². The van der Waals surface area contributed by atoms with E-state index in [1.165, 1.54) is 10.4 Å². The van der Waals surface area contributed by atoms with E-state index in [2.05, 4.69) is 54.6 Å². The monoisotopic (exact) mass is 292 g/mol. The summed E-state index contributed by atoms with van der Waals surface area (Å²) in [6, 6.07) is 5.00. The summed E-state index contributed by atoms with van der Waals surface area (Å²) in [7, 11) is 4.09. The van der Waals surface area contributed by atoms with Gasteiger partial charge < -0.3 is 5.73 Å². The summed E-state index contributed by atoms with van der Waals surface area (Å²) in [6.45, 7) is 4.32. The maximum Gasteiger partial charge on any atom is 0.0538 e. The average molecular weight is 292 g/mol. The molecule has 0 aromatic carbocycles. The third-order valence-corrected chi connectivity index (χ3v) is 4.67. The maximum absolute atomic E-state index is 6.21. The second-order valence-corrected chi connectivity index (χ2v) is 6.58. The molecule has 3 unspecified atom stereocenters. The van der Waals surface area contributed by atoms with Gasteiger partial charge in [-0.1, -0.05) is 6.07 Å². The first kappa shape index (κ1) is 15.2. The van der Waals surface area contributed by atoms with Crippen LogP contribution in [0.2, 0.25) is 0 Å². The minimum atomic E-state index is 0.0648. The average Bonchev–Trinajstić information content (AvgIpc) is 3.01. The van der Waals surface area contributed by atoms with E-state index in [9.17, 15) is 0 Å². The topological polar surface area (TPSA) is 47.1 Å². The highest BCUT2D eigenvalue weighted by atomic mass is 32.1. The van der Waals surface area contributed by atoms with Gasteiger partial charge in [0.2, 0.25) is 0 Å². The van der Waals surface area contributed by atoms with Crippen molar-refractivity contribution < 1.29 is 0 Å². The van der Waals surface area contributed by atoms with E-state index >= 15 is 0 Å². The molecule has 0 saturated heterocycles. The Morgan fingerprint density at radius 2 is 2.20 bits per heavy atom. The molecule has 2 rings (SSSR count). The molecule has 5 heteroatoms. The molecule has 2 aromatic rings. The number of rotatable bonds is 6. The smallest absolute Gasteiger partial charge is 0.0538 e. The fourth-order valence-corrected chi connectivity index (χ4v) is 3.47. The lowest BCUT2D eigenvalue weighted by atomic mass is 10.0. The maximum atomic E-state index is 6.21. The number of aromatic nitrogens is 2. The van der Waals surface area contributed by atoms with Crippen molar-refractivity contribution in [1.29, 1.82) is 0 Å². The SMILES string of the molecule is CC(N)C(c1cnn(C)c1)N(C)C(C)Cc1cccs1. The van der Waals surface area contributed by atoms with E-state index in [1.807, 2.05) is 29.3 Å². The molecule has 0 bridgehead atoms. The largest absolute Gasteiger partial charge is 0.326 e. The van der Waals surface area contributed by atoms with Gasteiger partial charge in [-0.2, -0.15) is 5.10 Å². The molecular formula is C15H24N4S. The second-order valence-electron chi connectivity index (χ2n) is 5.55. The van der Waals surface area contributed by atoms with Crippen molar-refractivity contribution in [1.82, 2.24) is 14.7 Å². The summed E-state index contributed by atoms with van der Waals surface area (Å²) < 4.78 is 1.84. The molecule has 3 atom stereocenters. The van der Waals surface area contributed by atoms with Crippen LogP contribution >= 0.6 is 11.3 Å². The van der Waals surface area contributed by atoms with Gasteiger partial charge in [0.1, 0.15) is 0 Å². The lowest BCUT2D eigenvalue weighted by Crippen LogP contribution is -2.42. The molecule has 0 aliphatic carbocycles. The van der Waals surface area contributed by atoms with Gasteiger partial charge in [-0.3, -0.25) is 9.58 Å². The molecule has 0 amide bonds. The molecule has 0 aliphatic rings. The Kier molecular flexibility index (Phi) is 4.96. The fraction of sp³-hybridized carbons (Fsp3) is 0.533. The van der Waals surface area contributed by atoms with Crippen LogP contribution in [0.5, 0.6) is 0 Å². The van der Waals surface area contributed by atoms with Gasteiger partial charge in [0.15, 0.2) is 0 Å². The molecule has 0 spiro atoms. The first-order chi connectivity index (χ1) is 9.49. The summed E-state index contributed by atoms with van der Waals surface area (Å²) in [5.74, 6) is 0. The molecule has 0 fully saturated rings. The van der Waals surface area contributed by atoms with Crippen LogP contribution < -0.4 is 5.73 Å². The van der Waals surface area contributed by atoms with E-state index in [0.29, 0.717) is 6.04 Å². The van der Waals surface area contributed by atoms with Gasteiger partial charge in [-0.15, -0.1) is 11.3 Å². The highest BCUT2D eigenvalue weighted by Gasteiger charge is 2.26. The Labute approximate surface area is 125 Å². The summed E-state index contributed by atoms with van der Waals surface area (Å²) >= 11 is 1.81. The van der Waals surface area contributed by atoms with Gasteiger partial charge in [0, 0.05) is 35.8 Å². The number of hydrogen-bond donors (Lipinski definition) is 1. The Balaban J connectivity index is 2.12. The molecule has 20 heavy (non-hydrogen) atoms. The summed E-state index contributed by atoms with van der Waals surface area (Å²) in [5, 5.41) is 6.41. The third kappa shape index (κ3) is 3.48. The molecule has 4 nitrogen and oxygen atoms in total. The number of likely N-dealkylation sites (N-methyl/N-ethyl adjacent to an activating group) is 1.